The number of aromatic nitrogens is 1. The van der Waals surface area contributed by atoms with Crippen LogP contribution in [0.3, 0.4) is 0 Å². The second-order valence-corrected chi connectivity index (χ2v) is 7.67. The van der Waals surface area contributed by atoms with Crippen molar-refractivity contribution in [2.24, 2.45) is 5.92 Å². The highest BCUT2D eigenvalue weighted by Crippen LogP contribution is 2.35. The summed E-state index contributed by atoms with van der Waals surface area (Å²) < 4.78 is 11.5. The van der Waals surface area contributed by atoms with Crippen LogP contribution in [0.15, 0.2) is 36.5 Å². The Hall–Kier alpha value is -2.24. The Morgan fingerprint density at radius 2 is 2.11 bits per heavy atom. The van der Waals surface area contributed by atoms with E-state index in [-0.39, 0.29) is 17.8 Å². The zero-order valence-corrected chi connectivity index (χ0v) is 17.3. The van der Waals surface area contributed by atoms with Gasteiger partial charge < -0.3 is 14.8 Å². The summed E-state index contributed by atoms with van der Waals surface area (Å²) in [6, 6.07) is 6.94. The zero-order valence-electron chi connectivity index (χ0n) is 15.7. The fourth-order valence-corrected chi connectivity index (χ4v) is 2.91. The summed E-state index contributed by atoms with van der Waals surface area (Å²) in [5, 5.41) is 3.56. The third kappa shape index (κ3) is 6.14. The second-order valence-electron chi connectivity index (χ2n) is 6.85. The molecule has 1 aromatic carbocycles. The van der Waals surface area contributed by atoms with Crippen molar-refractivity contribution in [1.29, 1.82) is 0 Å². The van der Waals surface area contributed by atoms with Gasteiger partial charge in [0.25, 0.3) is 0 Å². The first-order valence-electron chi connectivity index (χ1n) is 9.12. The van der Waals surface area contributed by atoms with Gasteiger partial charge in [-0.1, -0.05) is 35.4 Å². The minimum atomic E-state index is -0.0911. The van der Waals surface area contributed by atoms with Gasteiger partial charge in [-0.25, -0.2) is 4.98 Å². The minimum Gasteiger partial charge on any atom is -0.493 e. The summed E-state index contributed by atoms with van der Waals surface area (Å²) in [5.41, 5.74) is 0.796. The number of carbonyl (C=O) groups excluding carboxylic acids is 1. The quantitative estimate of drug-likeness (QED) is 0.611. The molecule has 0 aliphatic heterocycles. The standard InChI is InChI=1S/C21H22Cl2N2O3/c1-13(25-14(2)26)3-4-16-9-19(23)21(24-11-16)28-20-8-7-17(10-18(20)22)27-12-15-5-6-15/h3-4,7-11,13,15H,5-6,12H2,1-2H3,(H,25,26)/b4-3+/t13-/m0/s1. The Kier molecular flexibility index (Phi) is 6.81. The normalized spacial score (nSPS) is 14.7. The molecule has 1 saturated carbocycles. The van der Waals surface area contributed by atoms with Crippen LogP contribution in [0.1, 0.15) is 32.3 Å². The third-order valence-corrected chi connectivity index (χ3v) is 4.70. The summed E-state index contributed by atoms with van der Waals surface area (Å²) >= 11 is 12.6. The second kappa shape index (κ2) is 9.30. The van der Waals surface area contributed by atoms with Crippen molar-refractivity contribution in [3.8, 4) is 17.4 Å². The number of amides is 1. The van der Waals surface area contributed by atoms with Gasteiger partial charge in [-0.05, 0) is 49.4 Å². The molecular formula is C21H22Cl2N2O3. The molecule has 28 heavy (non-hydrogen) atoms. The number of hydrogen-bond donors (Lipinski definition) is 1. The number of nitrogens with one attached hydrogen (secondary N) is 1. The average Bonchev–Trinajstić information content (AvgIpc) is 3.46. The van der Waals surface area contributed by atoms with Crippen molar-refractivity contribution in [3.63, 3.8) is 0 Å². The average molecular weight is 421 g/mol. The smallest absolute Gasteiger partial charge is 0.238 e. The lowest BCUT2D eigenvalue weighted by atomic mass is 10.2. The highest BCUT2D eigenvalue weighted by molar-refractivity contribution is 6.32. The van der Waals surface area contributed by atoms with Gasteiger partial charge in [0.15, 0.2) is 0 Å². The Morgan fingerprint density at radius 3 is 2.75 bits per heavy atom. The Morgan fingerprint density at radius 1 is 1.32 bits per heavy atom. The van der Waals surface area contributed by atoms with Gasteiger partial charge in [-0.3, -0.25) is 4.79 Å². The molecule has 0 spiro atoms. The molecule has 0 bridgehead atoms. The van der Waals surface area contributed by atoms with Crippen LogP contribution in [0.4, 0.5) is 0 Å². The molecule has 7 heteroatoms. The Balaban J connectivity index is 1.63. The molecule has 1 atom stereocenters. The van der Waals surface area contributed by atoms with E-state index in [0.717, 1.165) is 17.9 Å². The maximum atomic E-state index is 11.0. The maximum Gasteiger partial charge on any atom is 0.238 e. The molecule has 1 N–H and O–H groups in total. The lowest BCUT2D eigenvalue weighted by Gasteiger charge is -2.11. The van der Waals surface area contributed by atoms with E-state index in [4.69, 9.17) is 32.7 Å². The number of halogens is 2. The summed E-state index contributed by atoms with van der Waals surface area (Å²) in [6.07, 6.45) is 7.79. The van der Waals surface area contributed by atoms with Crippen LogP contribution in [0, 0.1) is 5.92 Å². The largest absolute Gasteiger partial charge is 0.493 e. The molecule has 2 aromatic rings. The molecule has 0 unspecified atom stereocenters. The zero-order chi connectivity index (χ0) is 20.1. The highest BCUT2D eigenvalue weighted by atomic mass is 35.5. The van der Waals surface area contributed by atoms with Crippen LogP contribution < -0.4 is 14.8 Å². The van der Waals surface area contributed by atoms with Gasteiger partial charge in [-0.15, -0.1) is 0 Å². The van der Waals surface area contributed by atoms with E-state index in [0.29, 0.717) is 21.7 Å². The summed E-state index contributed by atoms with van der Waals surface area (Å²) in [4.78, 5) is 15.3. The van der Waals surface area contributed by atoms with Crippen LogP contribution >= 0.6 is 23.2 Å². The van der Waals surface area contributed by atoms with Crippen LogP contribution in [-0.2, 0) is 4.79 Å². The van der Waals surface area contributed by atoms with Gasteiger partial charge in [0.05, 0.1) is 11.6 Å². The molecule has 1 heterocycles. The topological polar surface area (TPSA) is 60.5 Å². The molecule has 1 aliphatic rings. The molecular weight excluding hydrogens is 399 g/mol. The van der Waals surface area contributed by atoms with E-state index in [1.807, 2.05) is 25.1 Å². The first-order valence-corrected chi connectivity index (χ1v) is 9.87. The monoisotopic (exact) mass is 420 g/mol. The van der Waals surface area contributed by atoms with Gasteiger partial charge in [0, 0.05) is 25.2 Å². The molecule has 0 radical (unpaired) electrons. The number of carbonyl (C=O) groups is 1. The number of pyridine rings is 1. The van der Waals surface area contributed by atoms with Crippen LogP contribution in [0.25, 0.3) is 6.08 Å². The van der Waals surface area contributed by atoms with E-state index in [2.05, 4.69) is 10.3 Å². The Labute approximate surface area is 174 Å². The highest BCUT2D eigenvalue weighted by Gasteiger charge is 2.22. The first kappa shape index (κ1) is 20.5. The van der Waals surface area contributed by atoms with Crippen molar-refractivity contribution in [2.45, 2.75) is 32.7 Å². The lowest BCUT2D eigenvalue weighted by molar-refractivity contribution is -0.119. The van der Waals surface area contributed by atoms with Gasteiger partial charge in [0.1, 0.15) is 16.5 Å². The minimum absolute atomic E-state index is 0.0853. The van der Waals surface area contributed by atoms with Crippen LogP contribution in [-0.4, -0.2) is 23.5 Å². The van der Waals surface area contributed by atoms with E-state index in [1.165, 1.54) is 19.8 Å². The molecule has 1 aromatic heterocycles. The van der Waals surface area contributed by atoms with E-state index < -0.39 is 0 Å². The van der Waals surface area contributed by atoms with Crippen LogP contribution in [0.2, 0.25) is 10.0 Å². The number of ether oxygens (including phenoxy) is 2. The van der Waals surface area contributed by atoms with Gasteiger partial charge in [-0.2, -0.15) is 0 Å². The van der Waals surface area contributed by atoms with Crippen molar-refractivity contribution in [3.05, 3.63) is 52.1 Å². The number of benzene rings is 1. The predicted octanol–water partition coefficient (Wildman–Crippen LogP) is 5.51. The molecule has 1 fully saturated rings. The van der Waals surface area contributed by atoms with Gasteiger partial charge >= 0.3 is 0 Å². The summed E-state index contributed by atoms with van der Waals surface area (Å²) in [5.74, 6) is 2.03. The van der Waals surface area contributed by atoms with E-state index >= 15 is 0 Å². The summed E-state index contributed by atoms with van der Waals surface area (Å²) in [6.45, 7) is 4.08. The van der Waals surface area contributed by atoms with E-state index in [9.17, 15) is 4.79 Å². The Bertz CT molecular complexity index is 882. The first-order chi connectivity index (χ1) is 13.4. The molecule has 5 nitrogen and oxygen atoms in total. The van der Waals surface area contributed by atoms with Crippen molar-refractivity contribution in [2.75, 3.05) is 6.61 Å². The van der Waals surface area contributed by atoms with Crippen LogP contribution in [0.5, 0.6) is 17.4 Å². The molecule has 0 saturated heterocycles. The van der Waals surface area contributed by atoms with E-state index in [1.54, 1.807) is 24.4 Å². The van der Waals surface area contributed by atoms with Crippen molar-refractivity contribution >= 4 is 35.2 Å². The van der Waals surface area contributed by atoms with Gasteiger partial charge in [0.2, 0.25) is 11.8 Å². The lowest BCUT2D eigenvalue weighted by Crippen LogP contribution is -2.28. The van der Waals surface area contributed by atoms with Crippen molar-refractivity contribution < 1.29 is 14.3 Å². The number of nitrogens with zero attached hydrogens (tertiary/aromatic N) is 1. The number of hydrogen-bond acceptors (Lipinski definition) is 4. The fourth-order valence-electron chi connectivity index (χ4n) is 2.49. The maximum absolute atomic E-state index is 11.0. The fraction of sp³-hybridized carbons (Fsp3) is 0.333. The SMILES string of the molecule is CC(=O)N[C@@H](C)/C=C/c1cnc(Oc2ccc(OCC3CC3)cc2Cl)c(Cl)c1. The third-order valence-electron chi connectivity index (χ3n) is 4.13. The molecule has 1 amide bonds. The molecule has 3 rings (SSSR count). The molecule has 148 valence electrons. The summed E-state index contributed by atoms with van der Waals surface area (Å²) in [7, 11) is 0. The predicted molar refractivity (Wildman–Crippen MR) is 111 cm³/mol. The van der Waals surface area contributed by atoms with Crippen molar-refractivity contribution in [1.82, 2.24) is 10.3 Å². The molecule has 1 aliphatic carbocycles. The number of rotatable bonds is 8.